The van der Waals surface area contributed by atoms with Gasteiger partial charge in [0.05, 0.1) is 5.71 Å². The first-order chi connectivity index (χ1) is 6.77. The molecule has 0 saturated heterocycles. The van der Waals surface area contributed by atoms with Gasteiger partial charge in [0.25, 0.3) is 0 Å². The lowest BCUT2D eigenvalue weighted by Gasteiger charge is -2.14. The number of hydrogen-bond acceptors (Lipinski definition) is 2. The van der Waals surface area contributed by atoms with Crippen LogP contribution < -0.4 is 5.84 Å². The number of nitrogens with zero attached hydrogens (tertiary/aromatic N) is 1. The average Bonchev–Trinajstić information content (AvgIpc) is 2.52. The summed E-state index contributed by atoms with van der Waals surface area (Å²) in [5, 5.41) is 3.91. The highest BCUT2D eigenvalue weighted by molar-refractivity contribution is 6.03. The molecule has 0 spiro atoms. The van der Waals surface area contributed by atoms with Gasteiger partial charge in [0, 0.05) is 17.0 Å². The van der Waals surface area contributed by atoms with Crippen molar-refractivity contribution < 1.29 is 0 Å². The van der Waals surface area contributed by atoms with Gasteiger partial charge >= 0.3 is 0 Å². The van der Waals surface area contributed by atoms with E-state index in [0.717, 1.165) is 31.4 Å². The van der Waals surface area contributed by atoms with E-state index in [4.69, 9.17) is 5.84 Å². The molecule has 1 aliphatic rings. The molecule has 0 radical (unpaired) electrons. The Labute approximate surface area is 84.4 Å². The van der Waals surface area contributed by atoms with Crippen LogP contribution in [0.15, 0.2) is 5.10 Å². The van der Waals surface area contributed by atoms with Crippen LogP contribution in [0.4, 0.5) is 0 Å². The van der Waals surface area contributed by atoms with Crippen molar-refractivity contribution in [1.82, 2.24) is 4.98 Å². The Bertz CT molecular complexity index is 374. The highest BCUT2D eigenvalue weighted by Gasteiger charge is 2.21. The third kappa shape index (κ3) is 1.24. The van der Waals surface area contributed by atoms with Crippen LogP contribution in [0.1, 0.15) is 42.3 Å². The molecule has 0 saturated carbocycles. The summed E-state index contributed by atoms with van der Waals surface area (Å²) in [4.78, 5) is 3.44. The predicted octanol–water partition coefficient (Wildman–Crippen LogP) is 1.88. The van der Waals surface area contributed by atoms with Crippen molar-refractivity contribution >= 4 is 5.71 Å². The predicted molar refractivity (Wildman–Crippen MR) is 58.6 cm³/mol. The normalized spacial score (nSPS) is 18.6. The minimum atomic E-state index is 1.02. The lowest BCUT2D eigenvalue weighted by molar-refractivity contribution is 0.813. The number of aryl methyl sites for hydroxylation is 2. The first-order valence-electron chi connectivity index (χ1n) is 5.25. The van der Waals surface area contributed by atoms with Crippen molar-refractivity contribution in [2.75, 3.05) is 0 Å². The Morgan fingerprint density at radius 2 is 2.21 bits per heavy atom. The summed E-state index contributed by atoms with van der Waals surface area (Å²) in [6.45, 7) is 4.31. The van der Waals surface area contributed by atoms with Gasteiger partial charge < -0.3 is 10.8 Å². The summed E-state index contributed by atoms with van der Waals surface area (Å²) in [6.07, 6.45) is 4.37. The molecule has 1 aromatic rings. The SMILES string of the molecule is CCc1c(C)[nH]c2c1C(=NN)CCC2. The van der Waals surface area contributed by atoms with Gasteiger partial charge in [0.2, 0.25) is 0 Å². The topological polar surface area (TPSA) is 54.2 Å². The number of nitrogens with two attached hydrogens (primary N) is 1. The van der Waals surface area contributed by atoms with Crippen LogP contribution in [0.2, 0.25) is 0 Å². The zero-order valence-corrected chi connectivity index (χ0v) is 8.85. The highest BCUT2D eigenvalue weighted by Crippen LogP contribution is 2.27. The highest BCUT2D eigenvalue weighted by atomic mass is 15.1. The number of rotatable bonds is 1. The first-order valence-corrected chi connectivity index (χ1v) is 5.25. The Hall–Kier alpha value is -1.25. The number of hydrazone groups is 1. The molecule has 3 heteroatoms. The monoisotopic (exact) mass is 191 g/mol. The molecule has 1 aromatic heterocycles. The van der Waals surface area contributed by atoms with Crippen molar-refractivity contribution in [1.29, 1.82) is 0 Å². The van der Waals surface area contributed by atoms with E-state index in [9.17, 15) is 0 Å². The van der Waals surface area contributed by atoms with Crippen molar-refractivity contribution in [3.63, 3.8) is 0 Å². The average molecular weight is 191 g/mol. The largest absolute Gasteiger partial charge is 0.362 e. The van der Waals surface area contributed by atoms with E-state index < -0.39 is 0 Å². The molecule has 3 N–H and O–H groups in total. The van der Waals surface area contributed by atoms with Crippen LogP contribution in [0, 0.1) is 6.92 Å². The zero-order valence-electron chi connectivity index (χ0n) is 8.85. The fourth-order valence-electron chi connectivity index (χ4n) is 2.40. The molecule has 76 valence electrons. The Kier molecular flexibility index (Phi) is 2.32. The molecule has 0 amide bonds. The van der Waals surface area contributed by atoms with E-state index in [1.807, 2.05) is 0 Å². The van der Waals surface area contributed by atoms with E-state index in [1.165, 1.54) is 22.5 Å². The lowest BCUT2D eigenvalue weighted by Crippen LogP contribution is -2.14. The number of hydrogen-bond donors (Lipinski definition) is 2. The molecule has 0 aliphatic heterocycles. The minimum Gasteiger partial charge on any atom is -0.362 e. The molecule has 0 fully saturated rings. The Morgan fingerprint density at radius 3 is 2.86 bits per heavy atom. The summed E-state index contributed by atoms with van der Waals surface area (Å²) >= 11 is 0. The third-order valence-corrected chi connectivity index (χ3v) is 3.03. The molecular formula is C11H17N3. The van der Waals surface area contributed by atoms with E-state index in [0.29, 0.717) is 0 Å². The fourth-order valence-corrected chi connectivity index (χ4v) is 2.40. The van der Waals surface area contributed by atoms with Crippen LogP contribution in [-0.4, -0.2) is 10.7 Å². The second-order valence-electron chi connectivity index (χ2n) is 3.87. The van der Waals surface area contributed by atoms with Gasteiger partial charge in [0.1, 0.15) is 0 Å². The maximum atomic E-state index is 5.43. The van der Waals surface area contributed by atoms with Crippen LogP contribution in [-0.2, 0) is 12.8 Å². The zero-order chi connectivity index (χ0) is 10.1. The van der Waals surface area contributed by atoms with Crippen molar-refractivity contribution in [2.45, 2.75) is 39.5 Å². The maximum absolute atomic E-state index is 5.43. The molecule has 0 bridgehead atoms. The first kappa shape index (κ1) is 9.31. The van der Waals surface area contributed by atoms with Gasteiger partial charge in [0.15, 0.2) is 0 Å². The summed E-state index contributed by atoms with van der Waals surface area (Å²) in [6, 6.07) is 0. The molecule has 0 aromatic carbocycles. The van der Waals surface area contributed by atoms with Gasteiger partial charge in [-0.15, -0.1) is 0 Å². The molecule has 0 atom stereocenters. The van der Waals surface area contributed by atoms with Gasteiger partial charge in [-0.3, -0.25) is 0 Å². The molecule has 3 nitrogen and oxygen atoms in total. The van der Waals surface area contributed by atoms with E-state index in [1.54, 1.807) is 0 Å². The fraction of sp³-hybridized carbons (Fsp3) is 0.545. The maximum Gasteiger partial charge on any atom is 0.0693 e. The van der Waals surface area contributed by atoms with Gasteiger partial charge in [-0.1, -0.05) is 6.92 Å². The molecule has 2 rings (SSSR count). The molecule has 0 unspecified atom stereocenters. The molecular weight excluding hydrogens is 174 g/mol. The molecule has 1 heterocycles. The van der Waals surface area contributed by atoms with E-state index >= 15 is 0 Å². The smallest absolute Gasteiger partial charge is 0.0693 e. The van der Waals surface area contributed by atoms with Gasteiger partial charge in [-0.25, -0.2) is 0 Å². The minimum absolute atomic E-state index is 1.02. The third-order valence-electron chi connectivity index (χ3n) is 3.03. The van der Waals surface area contributed by atoms with Crippen LogP contribution >= 0.6 is 0 Å². The summed E-state index contributed by atoms with van der Waals surface area (Å²) in [5.41, 5.74) is 6.38. The summed E-state index contributed by atoms with van der Waals surface area (Å²) < 4.78 is 0. The summed E-state index contributed by atoms with van der Waals surface area (Å²) in [5.74, 6) is 5.43. The quantitative estimate of drug-likeness (QED) is 0.517. The number of H-pyrrole nitrogens is 1. The van der Waals surface area contributed by atoms with Crippen molar-refractivity contribution in [2.24, 2.45) is 10.9 Å². The standard InChI is InChI=1S/C11H17N3/c1-3-8-7(2)13-9-5-4-6-10(14-12)11(8)9/h13H,3-6,12H2,1-2H3. The molecule has 1 aliphatic carbocycles. The van der Waals surface area contributed by atoms with Crippen LogP contribution in [0.5, 0.6) is 0 Å². The van der Waals surface area contributed by atoms with Crippen LogP contribution in [0.25, 0.3) is 0 Å². The molecule has 14 heavy (non-hydrogen) atoms. The second-order valence-corrected chi connectivity index (χ2v) is 3.87. The number of aromatic amines is 1. The second kappa shape index (κ2) is 3.48. The number of fused-ring (bicyclic) bond motifs is 1. The van der Waals surface area contributed by atoms with Gasteiger partial charge in [-0.05, 0) is 38.2 Å². The Morgan fingerprint density at radius 1 is 1.43 bits per heavy atom. The van der Waals surface area contributed by atoms with E-state index in [-0.39, 0.29) is 0 Å². The lowest BCUT2D eigenvalue weighted by atomic mass is 9.92. The summed E-state index contributed by atoms with van der Waals surface area (Å²) in [7, 11) is 0. The van der Waals surface area contributed by atoms with Crippen LogP contribution in [0.3, 0.4) is 0 Å². The Balaban J connectivity index is 2.59. The van der Waals surface area contributed by atoms with Crippen molar-refractivity contribution in [3.8, 4) is 0 Å². The van der Waals surface area contributed by atoms with Crippen molar-refractivity contribution in [3.05, 3.63) is 22.5 Å². The van der Waals surface area contributed by atoms with Gasteiger partial charge in [-0.2, -0.15) is 5.10 Å². The van der Waals surface area contributed by atoms with E-state index in [2.05, 4.69) is 23.9 Å². The number of nitrogens with one attached hydrogen (secondary N) is 1. The number of aromatic nitrogens is 1.